The number of allylic oxidation sites excluding steroid dienone is 3. The highest BCUT2D eigenvalue weighted by Crippen LogP contribution is 2.03. The molecule has 0 spiro atoms. The molecule has 0 atom stereocenters. The number of rotatable bonds is 1. The maximum Gasteiger partial charge on any atom is 0.0650 e. The molecule has 1 heteroatoms. The first-order valence-corrected chi connectivity index (χ1v) is 4.42. The molecule has 0 aliphatic carbocycles. The van der Waals surface area contributed by atoms with E-state index in [1.54, 1.807) is 0 Å². The molecule has 0 unspecified atom stereocenters. The van der Waals surface area contributed by atoms with Gasteiger partial charge in [0.1, 0.15) is 0 Å². The van der Waals surface area contributed by atoms with Crippen LogP contribution in [0.15, 0.2) is 22.3 Å². The van der Waals surface area contributed by atoms with Crippen molar-refractivity contribution in [1.82, 2.24) is 0 Å². The summed E-state index contributed by atoms with van der Waals surface area (Å²) in [6.45, 7) is 10.0. The normalized spacial score (nSPS) is 11.2. The molecule has 0 saturated heterocycles. The molecule has 13 heavy (non-hydrogen) atoms. The first-order chi connectivity index (χ1) is 5.99. The third kappa shape index (κ3) is 4.55. The van der Waals surface area contributed by atoms with Gasteiger partial charge in [0.25, 0.3) is 0 Å². The molecule has 1 N–H and O–H groups in total. The van der Waals surface area contributed by atoms with Gasteiger partial charge < -0.3 is 5.11 Å². The Bertz CT molecular complexity index is 291. The van der Waals surface area contributed by atoms with Crippen LogP contribution in [0, 0.1) is 11.8 Å². The summed E-state index contributed by atoms with van der Waals surface area (Å²) in [6, 6.07) is 0. The number of aliphatic hydroxyl groups is 1. The van der Waals surface area contributed by atoms with Crippen molar-refractivity contribution in [2.75, 3.05) is 6.61 Å². The lowest BCUT2D eigenvalue weighted by Gasteiger charge is -1.96. The molecule has 0 aromatic carbocycles. The third-order valence-electron chi connectivity index (χ3n) is 2.06. The van der Waals surface area contributed by atoms with Crippen LogP contribution in [0.1, 0.15) is 34.6 Å². The van der Waals surface area contributed by atoms with E-state index in [4.69, 9.17) is 5.11 Å². The maximum atomic E-state index is 8.84. The van der Waals surface area contributed by atoms with E-state index >= 15 is 0 Å². The highest BCUT2D eigenvalue weighted by atomic mass is 16.3. The summed E-state index contributed by atoms with van der Waals surface area (Å²) in [6.07, 6.45) is 0. The van der Waals surface area contributed by atoms with Gasteiger partial charge in [-0.15, -0.1) is 0 Å². The summed E-state index contributed by atoms with van der Waals surface area (Å²) in [4.78, 5) is 0. The van der Waals surface area contributed by atoms with Gasteiger partial charge in [-0.1, -0.05) is 17.4 Å². The molecule has 0 aliphatic heterocycles. The highest BCUT2D eigenvalue weighted by molar-refractivity contribution is 5.39. The van der Waals surface area contributed by atoms with Gasteiger partial charge in [0, 0.05) is 5.57 Å². The van der Waals surface area contributed by atoms with E-state index in [1.165, 1.54) is 5.57 Å². The highest BCUT2D eigenvalue weighted by Gasteiger charge is 1.90. The minimum absolute atomic E-state index is 0.0916. The summed E-state index contributed by atoms with van der Waals surface area (Å²) in [7, 11) is 0. The molecule has 0 heterocycles. The predicted octanol–water partition coefficient (Wildman–Crippen LogP) is 2.67. The van der Waals surface area contributed by atoms with E-state index in [0.717, 1.165) is 16.7 Å². The lowest BCUT2D eigenvalue weighted by atomic mass is 10.1. The molecule has 0 aromatic rings. The van der Waals surface area contributed by atoms with Crippen LogP contribution >= 0.6 is 0 Å². The lowest BCUT2D eigenvalue weighted by molar-refractivity contribution is 0.330. The van der Waals surface area contributed by atoms with Gasteiger partial charge in [-0.2, -0.15) is 0 Å². The Morgan fingerprint density at radius 3 is 1.77 bits per heavy atom. The molecular formula is C12H18O. The van der Waals surface area contributed by atoms with Crippen LogP contribution in [0.3, 0.4) is 0 Å². The molecule has 0 bridgehead atoms. The molecule has 0 fully saturated rings. The quantitative estimate of drug-likeness (QED) is 0.612. The minimum Gasteiger partial charge on any atom is -0.392 e. The minimum atomic E-state index is 0.0916. The smallest absolute Gasteiger partial charge is 0.0650 e. The molecule has 72 valence electrons. The van der Waals surface area contributed by atoms with Gasteiger partial charge in [-0.05, 0) is 45.8 Å². The van der Waals surface area contributed by atoms with Gasteiger partial charge >= 0.3 is 0 Å². The van der Waals surface area contributed by atoms with Crippen LogP contribution in [0.5, 0.6) is 0 Å². The van der Waals surface area contributed by atoms with Crippen molar-refractivity contribution in [1.29, 1.82) is 0 Å². The number of aliphatic hydroxyl groups excluding tert-OH is 1. The Labute approximate surface area is 81.2 Å². The van der Waals surface area contributed by atoms with Crippen molar-refractivity contribution in [3.8, 4) is 11.8 Å². The van der Waals surface area contributed by atoms with Crippen LogP contribution in [-0.4, -0.2) is 11.7 Å². The van der Waals surface area contributed by atoms with Crippen molar-refractivity contribution in [2.45, 2.75) is 34.6 Å². The Morgan fingerprint density at radius 2 is 1.38 bits per heavy atom. The van der Waals surface area contributed by atoms with E-state index in [9.17, 15) is 0 Å². The number of hydrogen-bond acceptors (Lipinski definition) is 1. The lowest BCUT2D eigenvalue weighted by Crippen LogP contribution is -1.87. The average molecular weight is 178 g/mol. The monoisotopic (exact) mass is 178 g/mol. The zero-order valence-electron chi connectivity index (χ0n) is 9.15. The van der Waals surface area contributed by atoms with Crippen LogP contribution in [-0.2, 0) is 0 Å². The van der Waals surface area contributed by atoms with Gasteiger partial charge in [-0.3, -0.25) is 0 Å². The Hall–Kier alpha value is -1.00. The molecule has 0 aromatic heterocycles. The van der Waals surface area contributed by atoms with E-state index in [2.05, 4.69) is 11.8 Å². The van der Waals surface area contributed by atoms with Crippen LogP contribution in [0.25, 0.3) is 0 Å². The van der Waals surface area contributed by atoms with Crippen molar-refractivity contribution in [3.05, 3.63) is 22.3 Å². The molecule has 0 amide bonds. The molecule has 0 rings (SSSR count). The van der Waals surface area contributed by atoms with Crippen LogP contribution in [0.4, 0.5) is 0 Å². The van der Waals surface area contributed by atoms with Crippen LogP contribution < -0.4 is 0 Å². The fraction of sp³-hybridized carbons (Fsp3) is 0.500. The third-order valence-corrected chi connectivity index (χ3v) is 2.06. The van der Waals surface area contributed by atoms with E-state index in [-0.39, 0.29) is 6.61 Å². The van der Waals surface area contributed by atoms with Crippen LogP contribution in [0.2, 0.25) is 0 Å². The summed E-state index contributed by atoms with van der Waals surface area (Å²) in [5, 5.41) is 8.84. The first-order valence-electron chi connectivity index (χ1n) is 4.42. The summed E-state index contributed by atoms with van der Waals surface area (Å²) in [5.74, 6) is 6.08. The zero-order valence-corrected chi connectivity index (χ0v) is 9.15. The van der Waals surface area contributed by atoms with Crippen molar-refractivity contribution in [2.24, 2.45) is 0 Å². The Morgan fingerprint density at radius 1 is 0.923 bits per heavy atom. The Balaban J connectivity index is 4.72. The van der Waals surface area contributed by atoms with Crippen molar-refractivity contribution < 1.29 is 5.11 Å². The second kappa shape index (κ2) is 5.61. The predicted molar refractivity (Wildman–Crippen MR) is 57.3 cm³/mol. The van der Waals surface area contributed by atoms with Crippen molar-refractivity contribution in [3.63, 3.8) is 0 Å². The van der Waals surface area contributed by atoms with Gasteiger partial charge in [0.2, 0.25) is 0 Å². The summed E-state index contributed by atoms with van der Waals surface area (Å²) < 4.78 is 0. The molecule has 0 radical (unpaired) electrons. The van der Waals surface area contributed by atoms with E-state index < -0.39 is 0 Å². The zero-order chi connectivity index (χ0) is 10.4. The maximum absolute atomic E-state index is 8.84. The topological polar surface area (TPSA) is 20.2 Å². The van der Waals surface area contributed by atoms with Gasteiger partial charge in [0.05, 0.1) is 6.61 Å². The second-order valence-corrected chi connectivity index (χ2v) is 3.44. The van der Waals surface area contributed by atoms with E-state index in [0.29, 0.717) is 0 Å². The van der Waals surface area contributed by atoms with Gasteiger partial charge in [0.15, 0.2) is 0 Å². The molecular weight excluding hydrogens is 160 g/mol. The fourth-order valence-electron chi connectivity index (χ4n) is 0.538. The largest absolute Gasteiger partial charge is 0.392 e. The summed E-state index contributed by atoms with van der Waals surface area (Å²) >= 11 is 0. The van der Waals surface area contributed by atoms with Gasteiger partial charge in [-0.25, -0.2) is 0 Å². The second-order valence-electron chi connectivity index (χ2n) is 3.44. The van der Waals surface area contributed by atoms with E-state index in [1.807, 2.05) is 34.6 Å². The first kappa shape index (κ1) is 12.0. The SMILES string of the molecule is CC(C)=C(C)C#C/C(C)=C(/C)CO. The Kier molecular flexibility index (Phi) is 5.18. The fourth-order valence-corrected chi connectivity index (χ4v) is 0.538. The van der Waals surface area contributed by atoms with Crippen molar-refractivity contribution >= 4 is 0 Å². The molecule has 1 nitrogen and oxygen atoms in total. The number of hydrogen-bond donors (Lipinski definition) is 1. The summed E-state index contributed by atoms with van der Waals surface area (Å²) in [5.41, 5.74) is 4.24. The average Bonchev–Trinajstić information content (AvgIpc) is 2.11. The molecule has 0 aliphatic rings. The molecule has 0 saturated carbocycles. The standard InChI is InChI=1S/C12H18O/c1-9(2)10(3)6-7-11(4)12(5)8-13/h13H,8H2,1-5H3/b12-11-.